The Morgan fingerprint density at radius 1 is 1.12 bits per heavy atom. The number of nitrogens with one attached hydrogen (secondary N) is 3. The first-order chi connectivity index (χ1) is 12.2. The summed E-state index contributed by atoms with van der Waals surface area (Å²) in [5.74, 6) is -0.136. The molecule has 0 spiro atoms. The van der Waals surface area contributed by atoms with Crippen LogP contribution in [0.2, 0.25) is 0 Å². The van der Waals surface area contributed by atoms with E-state index in [0.29, 0.717) is 5.11 Å². The number of anilines is 1. The Labute approximate surface area is 158 Å². The molecule has 1 heterocycles. The number of benzene rings is 1. The highest BCUT2D eigenvalue weighted by Crippen LogP contribution is 2.28. The van der Waals surface area contributed by atoms with Gasteiger partial charge < -0.3 is 5.32 Å². The summed E-state index contributed by atoms with van der Waals surface area (Å²) in [6.07, 6.45) is 6.90. The molecule has 0 saturated carbocycles. The number of hydrogen-bond acceptors (Lipinski definition) is 3. The standard InChI is InChI=1S/C19H23N3OS2/c1-2-13-8-10-15(11-9-13)20-19(24)22-21-18(23)17-12-14-6-4-3-5-7-16(14)25-17/h8-12H,2-7H2,1H3,(H,21,23)(H2,20,22,24). The van der Waals surface area contributed by atoms with Gasteiger partial charge in [0.15, 0.2) is 5.11 Å². The number of carbonyl (C=O) groups excluding carboxylic acids is 1. The number of amides is 1. The molecule has 1 amide bonds. The van der Waals surface area contributed by atoms with E-state index < -0.39 is 0 Å². The third-order valence-corrected chi connectivity index (χ3v) is 5.82. The Balaban J connectivity index is 1.52. The molecule has 0 aliphatic heterocycles. The number of thiophene rings is 1. The molecular weight excluding hydrogens is 350 g/mol. The molecule has 3 rings (SSSR count). The van der Waals surface area contributed by atoms with Gasteiger partial charge in [0, 0.05) is 10.6 Å². The molecule has 0 bridgehead atoms. The summed E-state index contributed by atoms with van der Waals surface area (Å²) >= 11 is 6.84. The zero-order valence-corrected chi connectivity index (χ0v) is 16.0. The van der Waals surface area contributed by atoms with Crippen molar-refractivity contribution in [2.75, 3.05) is 5.32 Å². The van der Waals surface area contributed by atoms with E-state index in [-0.39, 0.29) is 5.91 Å². The lowest BCUT2D eigenvalue weighted by molar-refractivity contribution is 0.0948. The van der Waals surface area contributed by atoms with Gasteiger partial charge in [0.25, 0.3) is 5.91 Å². The summed E-state index contributed by atoms with van der Waals surface area (Å²) in [5.41, 5.74) is 8.97. The molecule has 0 fully saturated rings. The van der Waals surface area contributed by atoms with Crippen LogP contribution in [0, 0.1) is 0 Å². The molecule has 1 aliphatic rings. The number of carbonyl (C=O) groups is 1. The predicted octanol–water partition coefficient (Wildman–Crippen LogP) is 4.21. The van der Waals surface area contributed by atoms with Crippen LogP contribution < -0.4 is 16.2 Å². The summed E-state index contributed by atoms with van der Waals surface area (Å²) in [6, 6.07) is 10.1. The smallest absolute Gasteiger partial charge is 0.279 e. The van der Waals surface area contributed by atoms with Crippen molar-refractivity contribution in [3.8, 4) is 0 Å². The summed E-state index contributed by atoms with van der Waals surface area (Å²) < 4.78 is 0. The van der Waals surface area contributed by atoms with E-state index in [1.54, 1.807) is 11.3 Å². The van der Waals surface area contributed by atoms with E-state index in [1.165, 1.54) is 35.3 Å². The second kappa shape index (κ2) is 8.45. The van der Waals surface area contributed by atoms with E-state index in [0.717, 1.165) is 29.8 Å². The molecule has 0 unspecified atom stereocenters. The lowest BCUT2D eigenvalue weighted by atomic mass is 10.1. The van der Waals surface area contributed by atoms with Crippen LogP contribution in [0.25, 0.3) is 0 Å². The molecule has 132 valence electrons. The maximum atomic E-state index is 12.3. The second-order valence-electron chi connectivity index (χ2n) is 6.20. The van der Waals surface area contributed by atoms with Gasteiger partial charge in [0.2, 0.25) is 0 Å². The molecule has 0 atom stereocenters. The van der Waals surface area contributed by atoms with E-state index in [2.05, 4.69) is 35.2 Å². The fourth-order valence-electron chi connectivity index (χ4n) is 2.94. The van der Waals surface area contributed by atoms with Gasteiger partial charge in [-0.15, -0.1) is 11.3 Å². The average molecular weight is 374 g/mol. The third-order valence-electron chi connectivity index (χ3n) is 4.38. The van der Waals surface area contributed by atoms with Crippen LogP contribution in [-0.2, 0) is 19.3 Å². The Bertz CT molecular complexity index is 729. The van der Waals surface area contributed by atoms with Crippen molar-refractivity contribution in [3.63, 3.8) is 0 Å². The van der Waals surface area contributed by atoms with Gasteiger partial charge in [-0.2, -0.15) is 0 Å². The molecule has 1 aromatic heterocycles. The SMILES string of the molecule is CCc1ccc(NC(=S)NNC(=O)c2cc3c(s2)CCCCC3)cc1. The quantitative estimate of drug-likeness (QED) is 0.429. The van der Waals surface area contributed by atoms with Crippen LogP contribution >= 0.6 is 23.6 Å². The van der Waals surface area contributed by atoms with Crippen molar-refractivity contribution < 1.29 is 4.79 Å². The molecule has 1 aliphatic carbocycles. The highest BCUT2D eigenvalue weighted by Gasteiger charge is 2.16. The first kappa shape index (κ1) is 17.9. The number of aryl methyl sites for hydroxylation is 3. The van der Waals surface area contributed by atoms with Gasteiger partial charge in [-0.25, -0.2) is 0 Å². The molecule has 3 N–H and O–H groups in total. The van der Waals surface area contributed by atoms with Gasteiger partial charge in [-0.3, -0.25) is 15.6 Å². The minimum atomic E-state index is -0.136. The molecule has 0 saturated heterocycles. The van der Waals surface area contributed by atoms with Crippen molar-refractivity contribution in [3.05, 3.63) is 51.2 Å². The first-order valence-electron chi connectivity index (χ1n) is 8.73. The zero-order chi connectivity index (χ0) is 17.6. The van der Waals surface area contributed by atoms with Crippen molar-refractivity contribution in [2.45, 2.75) is 45.4 Å². The Hall–Kier alpha value is -1.92. The van der Waals surface area contributed by atoms with Crippen molar-refractivity contribution >= 4 is 40.3 Å². The number of fused-ring (bicyclic) bond motifs is 1. The van der Waals surface area contributed by atoms with E-state index in [1.807, 2.05) is 18.2 Å². The lowest BCUT2D eigenvalue weighted by Crippen LogP contribution is -2.43. The number of thiocarbonyl (C=S) groups is 1. The molecule has 4 nitrogen and oxygen atoms in total. The highest BCUT2D eigenvalue weighted by molar-refractivity contribution is 7.80. The van der Waals surface area contributed by atoms with Crippen molar-refractivity contribution in [1.29, 1.82) is 0 Å². The van der Waals surface area contributed by atoms with Gasteiger partial charge >= 0.3 is 0 Å². The van der Waals surface area contributed by atoms with Crippen LogP contribution in [0.15, 0.2) is 30.3 Å². The number of rotatable bonds is 3. The van der Waals surface area contributed by atoms with Gasteiger partial charge in [-0.1, -0.05) is 25.5 Å². The van der Waals surface area contributed by atoms with Crippen LogP contribution in [-0.4, -0.2) is 11.0 Å². The molecule has 1 aromatic carbocycles. The lowest BCUT2D eigenvalue weighted by Gasteiger charge is -2.11. The van der Waals surface area contributed by atoms with Crippen LogP contribution in [0.4, 0.5) is 5.69 Å². The number of hydrazine groups is 1. The molecular formula is C19H23N3OS2. The average Bonchev–Trinajstić information content (AvgIpc) is 2.91. The third kappa shape index (κ3) is 4.80. The fourth-order valence-corrected chi connectivity index (χ4v) is 4.26. The summed E-state index contributed by atoms with van der Waals surface area (Å²) in [4.78, 5) is 14.4. The fraction of sp³-hybridized carbons (Fsp3) is 0.368. The van der Waals surface area contributed by atoms with E-state index in [4.69, 9.17) is 12.2 Å². The van der Waals surface area contributed by atoms with Crippen molar-refractivity contribution in [1.82, 2.24) is 10.9 Å². The van der Waals surface area contributed by atoms with E-state index >= 15 is 0 Å². The molecule has 6 heteroatoms. The summed E-state index contributed by atoms with van der Waals surface area (Å²) in [5, 5.41) is 3.44. The maximum Gasteiger partial charge on any atom is 0.279 e. The Kier molecular flexibility index (Phi) is 6.04. The first-order valence-corrected chi connectivity index (χ1v) is 9.96. The monoisotopic (exact) mass is 373 g/mol. The Morgan fingerprint density at radius 3 is 2.64 bits per heavy atom. The van der Waals surface area contributed by atoms with Gasteiger partial charge in [0.05, 0.1) is 4.88 Å². The van der Waals surface area contributed by atoms with Crippen LogP contribution in [0.5, 0.6) is 0 Å². The molecule has 2 aromatic rings. The predicted molar refractivity (Wildman–Crippen MR) is 108 cm³/mol. The van der Waals surface area contributed by atoms with E-state index in [9.17, 15) is 4.79 Å². The van der Waals surface area contributed by atoms with Crippen molar-refractivity contribution in [2.24, 2.45) is 0 Å². The topological polar surface area (TPSA) is 53.2 Å². The Morgan fingerprint density at radius 2 is 1.88 bits per heavy atom. The van der Waals surface area contributed by atoms with Gasteiger partial charge in [0.1, 0.15) is 0 Å². The minimum Gasteiger partial charge on any atom is -0.331 e. The molecule has 0 radical (unpaired) electrons. The summed E-state index contributed by atoms with van der Waals surface area (Å²) in [6.45, 7) is 2.12. The summed E-state index contributed by atoms with van der Waals surface area (Å²) in [7, 11) is 0. The zero-order valence-electron chi connectivity index (χ0n) is 14.4. The largest absolute Gasteiger partial charge is 0.331 e. The highest BCUT2D eigenvalue weighted by atomic mass is 32.1. The second-order valence-corrected chi connectivity index (χ2v) is 7.75. The minimum absolute atomic E-state index is 0.136. The number of hydrogen-bond donors (Lipinski definition) is 3. The normalized spacial score (nSPS) is 13.5. The van der Waals surface area contributed by atoms with Crippen LogP contribution in [0.1, 0.15) is 51.9 Å². The van der Waals surface area contributed by atoms with Crippen LogP contribution in [0.3, 0.4) is 0 Å². The molecule has 25 heavy (non-hydrogen) atoms. The van der Waals surface area contributed by atoms with Gasteiger partial charge in [-0.05, 0) is 73.6 Å². The maximum absolute atomic E-state index is 12.3.